The summed E-state index contributed by atoms with van der Waals surface area (Å²) in [4.78, 5) is 181. The maximum atomic E-state index is 14.4. The SMILES string of the molecule is CC(C)C[C@H](NC(=O)[C@@H](NC(=O)[C@H](CCCCN)NC(=O)[C@H](CCCCN)NC(=O)[C@H](CCCCN)NC(=O)[C@@H](N)CCCCN)C(C)C)C(=O)N[C@@H](C)C(=O)N[C@@H](C)C(=O)N[C@H](C(=O)N[C@@H](Cc1ccc(O)cc1)C(=O)N[C@H](C(=O)N[C@@H](Cc1ccccc1)C(=O)N[C@H](C(=O)O)C(C)C)C(C)C)[C@@H](C)O. The van der Waals surface area contributed by atoms with E-state index in [0.717, 1.165) is 0 Å². The van der Waals surface area contributed by atoms with Crippen molar-refractivity contribution in [1.29, 1.82) is 0 Å². The quantitative estimate of drug-likeness (QED) is 0.0330. The molecule has 2 aromatic rings. The number of hydrogen-bond donors (Lipinski definition) is 20. The molecule has 0 fully saturated rings. The van der Waals surface area contributed by atoms with E-state index in [1.807, 2.05) is 0 Å². The van der Waals surface area contributed by atoms with Gasteiger partial charge in [0, 0.05) is 12.8 Å². The largest absolute Gasteiger partial charge is 0.508 e. The van der Waals surface area contributed by atoms with E-state index >= 15 is 0 Å². The molecule has 12 amide bonds. The van der Waals surface area contributed by atoms with Gasteiger partial charge in [-0.15, -0.1) is 0 Å². The molecule has 0 aliphatic rings. The Morgan fingerprint density at radius 3 is 1.04 bits per heavy atom. The van der Waals surface area contributed by atoms with Gasteiger partial charge in [0.25, 0.3) is 0 Å². The highest BCUT2D eigenvalue weighted by Gasteiger charge is 2.39. The molecule has 596 valence electrons. The van der Waals surface area contributed by atoms with Crippen molar-refractivity contribution < 1.29 is 77.6 Å². The fourth-order valence-electron chi connectivity index (χ4n) is 11.2. The summed E-state index contributed by atoms with van der Waals surface area (Å²) in [5, 5.41) is 62.4. The summed E-state index contributed by atoms with van der Waals surface area (Å²) in [5.74, 6) is -13.3. The predicted molar refractivity (Wildman–Crippen MR) is 399 cm³/mol. The maximum absolute atomic E-state index is 14.4. The molecular formula is C73H123N17O16. The number of carboxylic acid groups (broad SMARTS) is 1. The summed E-state index contributed by atoms with van der Waals surface area (Å²) in [6, 6.07) is -2.97. The minimum atomic E-state index is -1.79. The van der Waals surface area contributed by atoms with Crippen LogP contribution in [0.4, 0.5) is 0 Å². The third-order valence-electron chi connectivity index (χ3n) is 17.6. The van der Waals surface area contributed by atoms with Crippen LogP contribution in [0.1, 0.15) is 171 Å². The maximum Gasteiger partial charge on any atom is 0.326 e. The molecule has 0 unspecified atom stereocenters. The Balaban J connectivity index is 2.35. The lowest BCUT2D eigenvalue weighted by molar-refractivity contribution is -0.143. The average Bonchev–Trinajstić information content (AvgIpc) is 0.919. The first-order chi connectivity index (χ1) is 50.0. The molecule has 2 aromatic carbocycles. The number of benzene rings is 2. The molecule has 14 atom stereocenters. The zero-order valence-corrected chi connectivity index (χ0v) is 63.6. The number of phenolic OH excluding ortho intramolecular Hbond substituents is 1. The predicted octanol–water partition coefficient (Wildman–Crippen LogP) is -1.64. The van der Waals surface area contributed by atoms with Gasteiger partial charge in [-0.05, 0) is 171 Å². The highest BCUT2D eigenvalue weighted by molar-refractivity contribution is 6.00. The van der Waals surface area contributed by atoms with Crippen LogP contribution >= 0.6 is 0 Å². The van der Waals surface area contributed by atoms with Crippen molar-refractivity contribution >= 4 is 76.9 Å². The molecule has 33 heteroatoms. The number of carbonyl (C=O) groups is 13. The Morgan fingerprint density at radius 1 is 0.340 bits per heavy atom. The fraction of sp³-hybridized carbons (Fsp3) is 0.658. The summed E-state index contributed by atoms with van der Waals surface area (Å²) >= 11 is 0. The van der Waals surface area contributed by atoms with E-state index in [0.29, 0.717) is 82.0 Å². The molecule has 0 heterocycles. The number of aliphatic hydroxyl groups excluding tert-OH is 1. The van der Waals surface area contributed by atoms with Crippen LogP contribution in [0, 0.1) is 23.7 Å². The van der Waals surface area contributed by atoms with Crippen molar-refractivity contribution in [1.82, 2.24) is 63.8 Å². The van der Waals surface area contributed by atoms with Gasteiger partial charge in [-0.3, -0.25) is 57.5 Å². The number of phenols is 1. The zero-order chi connectivity index (χ0) is 79.9. The van der Waals surface area contributed by atoms with Gasteiger partial charge in [-0.1, -0.05) is 104 Å². The Hall–Kier alpha value is -8.89. The van der Waals surface area contributed by atoms with Gasteiger partial charge in [0.05, 0.1) is 12.1 Å². The van der Waals surface area contributed by atoms with Crippen LogP contribution in [0.15, 0.2) is 54.6 Å². The molecule has 2 rings (SSSR count). The molecule has 0 aliphatic carbocycles. The molecule has 0 spiro atoms. The average molecular weight is 1490 g/mol. The number of unbranched alkanes of at least 4 members (excludes halogenated alkanes) is 4. The standard InChI is InChI=1S/C73H123N17O16/c1-40(2)37-54(84-70(102)57(41(3)4)87-66(98)53(28-18-22-36-77)83-65(97)52(27-17-21-35-76)82-64(96)51(26-16-20-34-75)81-63(95)50(78)25-15-19-33-74)67(99)80-44(9)61(93)79-45(10)62(94)90-60(46(11)91)72(104)86-56(39-48-29-31-49(92)32-30-48)68(100)88-58(42(5)6)71(103)85-55(38-47-23-13-12-14-24-47)69(101)89-59(43(7)8)73(105)106/h12-14,23-24,29-32,40-46,50-60,91-92H,15-22,25-28,33-39,74-78H2,1-11H3,(H,79,93)(H,80,99)(H,81,95)(H,82,96)(H,83,97)(H,84,102)(H,85,103)(H,86,104)(H,87,98)(H,88,100)(H,89,101)(H,90,94)(H,105,106)/t44-,45-,46+,50-,51-,52-,53-,54-,55-,56-,57-,58-,59-,60-/m0/s1. The Bertz CT molecular complexity index is 3130. The number of hydrogen-bond acceptors (Lipinski definition) is 20. The van der Waals surface area contributed by atoms with E-state index in [2.05, 4.69) is 63.8 Å². The lowest BCUT2D eigenvalue weighted by Gasteiger charge is -2.29. The Labute approximate surface area is 623 Å². The van der Waals surface area contributed by atoms with E-state index < -0.39 is 179 Å². The zero-order valence-electron chi connectivity index (χ0n) is 63.6. The van der Waals surface area contributed by atoms with Gasteiger partial charge in [0.2, 0.25) is 70.9 Å². The topological polar surface area (TPSA) is 557 Å². The molecule has 0 bridgehead atoms. The number of aliphatic hydroxyl groups is 1. The number of rotatable bonds is 51. The first-order valence-corrected chi connectivity index (χ1v) is 36.9. The lowest BCUT2D eigenvalue weighted by atomic mass is 9.98. The lowest BCUT2D eigenvalue weighted by Crippen LogP contribution is -2.62. The third-order valence-corrected chi connectivity index (χ3v) is 17.6. The summed E-state index contributed by atoms with van der Waals surface area (Å²) in [6.07, 6.45) is 2.77. The first kappa shape index (κ1) is 93.2. The molecular weight excluding hydrogens is 1370 g/mol. The molecule has 0 aliphatic heterocycles. The number of nitrogens with two attached hydrogens (primary N) is 5. The highest BCUT2D eigenvalue weighted by Crippen LogP contribution is 2.17. The molecule has 0 saturated heterocycles. The van der Waals surface area contributed by atoms with Crippen LogP contribution < -0.4 is 92.5 Å². The van der Waals surface area contributed by atoms with Crippen LogP contribution in [0.5, 0.6) is 5.75 Å². The summed E-state index contributed by atoms with van der Waals surface area (Å²) in [7, 11) is 0. The number of aromatic hydroxyl groups is 1. The van der Waals surface area contributed by atoms with E-state index in [1.54, 1.807) is 85.7 Å². The van der Waals surface area contributed by atoms with Crippen LogP contribution in [0.3, 0.4) is 0 Å². The second-order valence-electron chi connectivity index (χ2n) is 28.5. The van der Waals surface area contributed by atoms with E-state index in [1.165, 1.54) is 45.0 Å². The number of carbonyl (C=O) groups excluding carboxylic acids is 12. The molecule has 33 nitrogen and oxygen atoms in total. The van der Waals surface area contributed by atoms with Gasteiger partial charge in [0.15, 0.2) is 0 Å². The van der Waals surface area contributed by atoms with Crippen LogP contribution in [0.2, 0.25) is 0 Å². The Kier molecular flexibility index (Phi) is 43.1. The number of carboxylic acids is 1. The summed E-state index contributed by atoms with van der Waals surface area (Å²) in [5.41, 5.74) is 30.2. The highest BCUT2D eigenvalue weighted by atomic mass is 16.4. The van der Waals surface area contributed by atoms with Crippen molar-refractivity contribution in [3.63, 3.8) is 0 Å². The van der Waals surface area contributed by atoms with E-state index in [4.69, 9.17) is 28.7 Å². The van der Waals surface area contributed by atoms with Gasteiger partial charge >= 0.3 is 5.97 Å². The van der Waals surface area contributed by atoms with Gasteiger partial charge in [-0.25, -0.2) is 4.79 Å². The molecule has 106 heavy (non-hydrogen) atoms. The van der Waals surface area contributed by atoms with Gasteiger partial charge in [0.1, 0.15) is 78.3 Å². The fourth-order valence-corrected chi connectivity index (χ4v) is 11.2. The monoisotopic (exact) mass is 1490 g/mol. The number of aliphatic carboxylic acids is 1. The minimum Gasteiger partial charge on any atom is -0.508 e. The Morgan fingerprint density at radius 2 is 0.651 bits per heavy atom. The van der Waals surface area contributed by atoms with Crippen molar-refractivity contribution in [2.45, 2.75) is 257 Å². The molecule has 25 N–H and O–H groups in total. The summed E-state index contributed by atoms with van der Waals surface area (Å²) < 4.78 is 0. The first-order valence-electron chi connectivity index (χ1n) is 36.9. The third kappa shape index (κ3) is 34.1. The second kappa shape index (κ2) is 49.1. The van der Waals surface area contributed by atoms with Crippen molar-refractivity contribution in [2.24, 2.45) is 52.3 Å². The normalized spacial score (nSPS) is 15.4. The van der Waals surface area contributed by atoms with Crippen LogP contribution in [-0.2, 0) is 75.2 Å². The number of amides is 12. The molecule has 0 aromatic heterocycles. The van der Waals surface area contributed by atoms with E-state index in [-0.39, 0.29) is 63.3 Å². The van der Waals surface area contributed by atoms with Gasteiger partial charge < -0.3 is 108 Å². The van der Waals surface area contributed by atoms with Crippen molar-refractivity contribution in [3.05, 3.63) is 65.7 Å². The summed E-state index contributed by atoms with van der Waals surface area (Å²) in [6.45, 7) is 18.3. The molecule has 0 saturated carbocycles. The van der Waals surface area contributed by atoms with Crippen LogP contribution in [0.25, 0.3) is 0 Å². The smallest absolute Gasteiger partial charge is 0.326 e. The van der Waals surface area contributed by atoms with Gasteiger partial charge in [-0.2, -0.15) is 0 Å². The number of nitrogens with one attached hydrogen (secondary N) is 12. The molecule has 0 radical (unpaired) electrons. The minimum absolute atomic E-state index is 0.0395. The van der Waals surface area contributed by atoms with Crippen LogP contribution in [-0.4, -0.2) is 203 Å². The van der Waals surface area contributed by atoms with Crippen molar-refractivity contribution in [3.8, 4) is 5.75 Å². The van der Waals surface area contributed by atoms with Crippen molar-refractivity contribution in [2.75, 3.05) is 26.2 Å². The van der Waals surface area contributed by atoms with E-state index in [9.17, 15) is 77.6 Å². The second-order valence-corrected chi connectivity index (χ2v) is 28.5.